The fourth-order valence-corrected chi connectivity index (χ4v) is 7.81. The summed E-state index contributed by atoms with van der Waals surface area (Å²) in [4.78, 5) is 17.0. The fourth-order valence-electron chi connectivity index (χ4n) is 7.81. The van der Waals surface area contributed by atoms with Gasteiger partial charge in [-0.15, -0.1) is 0 Å². The van der Waals surface area contributed by atoms with Gasteiger partial charge in [0.25, 0.3) is 0 Å². The number of rotatable bonds is 7. The molecule has 268 valence electrons. The normalized spacial score (nSPS) is 11.5. The van der Waals surface area contributed by atoms with Gasteiger partial charge < -0.3 is 13.7 Å². The number of fused-ring (bicyclic) bond motifs is 6. The Morgan fingerprint density at radius 3 is 1.54 bits per heavy atom. The number of nitrogens with zero attached hydrogens (tertiary/aromatic N) is 4. The van der Waals surface area contributed by atoms with Crippen molar-refractivity contribution in [1.82, 2.24) is 15.0 Å². The summed E-state index contributed by atoms with van der Waals surface area (Å²) in [6.45, 7) is 0. The summed E-state index contributed by atoms with van der Waals surface area (Å²) >= 11 is 0. The number of benzene rings is 8. The van der Waals surface area contributed by atoms with Gasteiger partial charge in [-0.2, -0.15) is 0 Å². The second-order valence-electron chi connectivity index (χ2n) is 14.0. The highest BCUT2D eigenvalue weighted by Crippen LogP contribution is 2.41. The summed E-state index contributed by atoms with van der Waals surface area (Å²) < 4.78 is 12.8. The molecule has 8 aromatic carbocycles. The Kier molecular flexibility index (Phi) is 7.71. The number of anilines is 3. The van der Waals surface area contributed by atoms with E-state index in [2.05, 4.69) is 102 Å². The molecule has 0 bridgehead atoms. The molecule has 0 atom stereocenters. The SMILES string of the molecule is c1ccc(-c2nc(-c3ccccc3)nc(-c3ccc4c(c3)oc3cccc(-c5ccc(N(c6ccccc6)c6ccc7c(c6)oc6ccccc67)cc5)c34)n2)cc1. The number of furan rings is 2. The molecule has 0 spiro atoms. The number of hydrogen-bond donors (Lipinski definition) is 0. The van der Waals surface area contributed by atoms with Crippen molar-refractivity contribution in [2.75, 3.05) is 4.90 Å². The van der Waals surface area contributed by atoms with Crippen molar-refractivity contribution in [2.24, 2.45) is 0 Å². The molecule has 0 saturated heterocycles. The third-order valence-corrected chi connectivity index (χ3v) is 10.5. The molecule has 11 aromatic rings. The van der Waals surface area contributed by atoms with Gasteiger partial charge in [-0.3, -0.25) is 0 Å². The van der Waals surface area contributed by atoms with Crippen LogP contribution in [0.4, 0.5) is 17.1 Å². The van der Waals surface area contributed by atoms with Crippen LogP contribution in [0.25, 0.3) is 89.2 Å². The molecule has 0 radical (unpaired) electrons. The van der Waals surface area contributed by atoms with E-state index in [9.17, 15) is 0 Å². The van der Waals surface area contributed by atoms with E-state index in [-0.39, 0.29) is 0 Å². The predicted octanol–water partition coefficient (Wildman–Crippen LogP) is 13.8. The Hall–Kier alpha value is -7.83. The van der Waals surface area contributed by atoms with Gasteiger partial charge in [0, 0.05) is 61.4 Å². The van der Waals surface area contributed by atoms with E-state index in [0.717, 1.165) is 88.8 Å². The van der Waals surface area contributed by atoms with Crippen molar-refractivity contribution >= 4 is 60.9 Å². The highest BCUT2D eigenvalue weighted by molar-refractivity contribution is 6.13. The van der Waals surface area contributed by atoms with Gasteiger partial charge in [-0.25, -0.2) is 15.0 Å². The first kappa shape index (κ1) is 32.6. The summed E-state index contributed by atoms with van der Waals surface area (Å²) in [6.07, 6.45) is 0. The molecule has 57 heavy (non-hydrogen) atoms. The smallest absolute Gasteiger partial charge is 0.164 e. The number of para-hydroxylation sites is 2. The fraction of sp³-hybridized carbons (Fsp3) is 0. The molecule has 0 fully saturated rings. The average molecular weight is 733 g/mol. The first-order valence-electron chi connectivity index (χ1n) is 18.9. The summed E-state index contributed by atoms with van der Waals surface area (Å²) in [6, 6.07) is 66.3. The molecular weight excluding hydrogens is 701 g/mol. The Labute approximate surface area is 328 Å². The Balaban J connectivity index is 0.981. The maximum Gasteiger partial charge on any atom is 0.164 e. The highest BCUT2D eigenvalue weighted by atomic mass is 16.3. The van der Waals surface area contributed by atoms with Crippen LogP contribution in [-0.4, -0.2) is 15.0 Å². The first-order valence-corrected chi connectivity index (χ1v) is 18.9. The van der Waals surface area contributed by atoms with Crippen LogP contribution in [-0.2, 0) is 0 Å². The van der Waals surface area contributed by atoms with Gasteiger partial charge in [0.15, 0.2) is 17.5 Å². The Bertz CT molecular complexity index is 3170. The molecule has 0 N–H and O–H groups in total. The Morgan fingerprint density at radius 1 is 0.316 bits per heavy atom. The zero-order valence-corrected chi connectivity index (χ0v) is 30.6. The molecule has 11 rings (SSSR count). The molecule has 0 amide bonds. The predicted molar refractivity (Wildman–Crippen MR) is 231 cm³/mol. The van der Waals surface area contributed by atoms with E-state index in [1.807, 2.05) is 97.1 Å². The van der Waals surface area contributed by atoms with Gasteiger partial charge in [-0.1, -0.05) is 127 Å². The van der Waals surface area contributed by atoms with E-state index >= 15 is 0 Å². The summed E-state index contributed by atoms with van der Waals surface area (Å²) in [5, 5.41) is 4.31. The lowest BCUT2D eigenvalue weighted by atomic mass is 9.98. The minimum absolute atomic E-state index is 0.586. The van der Waals surface area contributed by atoms with Crippen LogP contribution in [0.5, 0.6) is 0 Å². The molecule has 0 aliphatic rings. The van der Waals surface area contributed by atoms with Gasteiger partial charge in [0.05, 0.1) is 0 Å². The van der Waals surface area contributed by atoms with E-state index in [4.69, 9.17) is 23.8 Å². The van der Waals surface area contributed by atoms with E-state index in [1.165, 1.54) is 0 Å². The topological polar surface area (TPSA) is 68.2 Å². The van der Waals surface area contributed by atoms with E-state index in [1.54, 1.807) is 0 Å². The maximum atomic E-state index is 6.55. The summed E-state index contributed by atoms with van der Waals surface area (Å²) in [5.74, 6) is 1.83. The third-order valence-electron chi connectivity index (χ3n) is 10.5. The van der Waals surface area contributed by atoms with Crippen LogP contribution in [0.1, 0.15) is 0 Å². The minimum atomic E-state index is 0.586. The maximum absolute atomic E-state index is 6.55. The average Bonchev–Trinajstić information content (AvgIpc) is 3.85. The second kappa shape index (κ2) is 13.5. The second-order valence-corrected chi connectivity index (χ2v) is 14.0. The molecule has 0 aliphatic carbocycles. The number of aromatic nitrogens is 3. The lowest BCUT2D eigenvalue weighted by molar-refractivity contribution is 0.668. The zero-order chi connectivity index (χ0) is 37.7. The van der Waals surface area contributed by atoms with Gasteiger partial charge >= 0.3 is 0 Å². The molecule has 0 aliphatic heterocycles. The quantitative estimate of drug-likeness (QED) is 0.162. The van der Waals surface area contributed by atoms with Crippen molar-refractivity contribution in [3.63, 3.8) is 0 Å². The standard InChI is InChI=1S/C51H32N4O2/c1-4-13-34(14-5-1)49-52-50(35-15-6-2-7-16-35)54-51(53-49)36-25-29-43-46(31-36)57-45-22-12-20-40(48(43)45)33-23-26-38(27-24-33)55(37-17-8-3-9-18-37)39-28-30-42-41-19-10-11-21-44(41)56-47(42)32-39/h1-32H. The minimum Gasteiger partial charge on any atom is -0.456 e. The van der Waals surface area contributed by atoms with Crippen LogP contribution < -0.4 is 4.90 Å². The molecule has 3 heterocycles. The molecule has 0 saturated carbocycles. The van der Waals surface area contributed by atoms with Crippen LogP contribution in [0, 0.1) is 0 Å². The van der Waals surface area contributed by atoms with Crippen molar-refractivity contribution in [3.05, 3.63) is 194 Å². The van der Waals surface area contributed by atoms with E-state index < -0.39 is 0 Å². The third kappa shape index (κ3) is 5.79. The summed E-state index contributed by atoms with van der Waals surface area (Å²) in [7, 11) is 0. The first-order chi connectivity index (χ1) is 28.2. The van der Waals surface area contributed by atoms with Gasteiger partial charge in [-0.05, 0) is 71.8 Å². The zero-order valence-electron chi connectivity index (χ0n) is 30.6. The van der Waals surface area contributed by atoms with Crippen molar-refractivity contribution in [1.29, 1.82) is 0 Å². The molecule has 0 unspecified atom stereocenters. The largest absolute Gasteiger partial charge is 0.456 e. The van der Waals surface area contributed by atoms with E-state index in [0.29, 0.717) is 17.5 Å². The lowest BCUT2D eigenvalue weighted by Crippen LogP contribution is -2.09. The van der Waals surface area contributed by atoms with Crippen molar-refractivity contribution in [3.8, 4) is 45.3 Å². The van der Waals surface area contributed by atoms with Crippen LogP contribution in [0.2, 0.25) is 0 Å². The van der Waals surface area contributed by atoms with Gasteiger partial charge in [0.2, 0.25) is 0 Å². The molecule has 6 nitrogen and oxygen atoms in total. The van der Waals surface area contributed by atoms with Crippen LogP contribution in [0.15, 0.2) is 203 Å². The van der Waals surface area contributed by atoms with Crippen LogP contribution in [0.3, 0.4) is 0 Å². The van der Waals surface area contributed by atoms with Crippen LogP contribution >= 0.6 is 0 Å². The molecular formula is C51H32N4O2. The van der Waals surface area contributed by atoms with Gasteiger partial charge in [0.1, 0.15) is 22.3 Å². The lowest BCUT2D eigenvalue weighted by Gasteiger charge is -2.25. The molecule has 3 aromatic heterocycles. The highest BCUT2D eigenvalue weighted by Gasteiger charge is 2.19. The number of hydrogen-bond acceptors (Lipinski definition) is 6. The van der Waals surface area contributed by atoms with Crippen molar-refractivity contribution < 1.29 is 8.83 Å². The summed E-state index contributed by atoms with van der Waals surface area (Å²) in [5.41, 5.74) is 11.3. The Morgan fingerprint density at radius 2 is 0.825 bits per heavy atom. The van der Waals surface area contributed by atoms with Crippen molar-refractivity contribution in [2.45, 2.75) is 0 Å². The molecule has 6 heteroatoms. The monoisotopic (exact) mass is 732 g/mol.